The van der Waals surface area contributed by atoms with Crippen LogP contribution >= 0.6 is 15.9 Å². The molecule has 3 N–H and O–H groups in total. The van der Waals surface area contributed by atoms with Gasteiger partial charge in [0, 0.05) is 6.20 Å². The summed E-state index contributed by atoms with van der Waals surface area (Å²) in [6.45, 7) is 1.78. The number of oxime groups is 1. The van der Waals surface area contributed by atoms with E-state index in [0.29, 0.717) is 11.3 Å². The zero-order valence-corrected chi connectivity index (χ0v) is 12.1. The maximum absolute atomic E-state index is 13.2. The number of ether oxygens (including phenoxy) is 1. The van der Waals surface area contributed by atoms with Gasteiger partial charge in [-0.2, -0.15) is 0 Å². The average molecular weight is 340 g/mol. The fraction of sp³-hybridized carbons (Fsp3) is 0.0769. The van der Waals surface area contributed by atoms with E-state index in [2.05, 4.69) is 26.1 Å². The number of hydrogen-bond donors (Lipinski definition) is 2. The Kier molecular flexibility index (Phi) is 4.19. The lowest BCUT2D eigenvalue weighted by atomic mass is 10.1. The molecule has 0 fully saturated rings. The van der Waals surface area contributed by atoms with Crippen molar-refractivity contribution in [2.45, 2.75) is 6.92 Å². The van der Waals surface area contributed by atoms with E-state index in [1.807, 2.05) is 0 Å². The highest BCUT2D eigenvalue weighted by Gasteiger charge is 2.14. The molecule has 0 atom stereocenters. The van der Waals surface area contributed by atoms with Crippen LogP contribution in [-0.4, -0.2) is 16.0 Å². The predicted molar refractivity (Wildman–Crippen MR) is 75.7 cm³/mol. The highest BCUT2D eigenvalue weighted by Crippen LogP contribution is 2.28. The highest BCUT2D eigenvalue weighted by atomic mass is 79.9. The topological polar surface area (TPSA) is 80.7 Å². The number of nitrogens with zero attached hydrogens (tertiary/aromatic N) is 2. The van der Waals surface area contributed by atoms with Crippen LogP contribution in [0.3, 0.4) is 0 Å². The minimum Gasteiger partial charge on any atom is -0.438 e. The Hall–Kier alpha value is -2.15. The van der Waals surface area contributed by atoms with Crippen LogP contribution in [0.25, 0.3) is 0 Å². The number of benzene rings is 1. The Morgan fingerprint density at radius 1 is 1.45 bits per heavy atom. The van der Waals surface area contributed by atoms with Gasteiger partial charge in [0.05, 0.1) is 10.0 Å². The summed E-state index contributed by atoms with van der Waals surface area (Å²) in [5.41, 5.74) is 6.74. The minimum atomic E-state index is -0.397. The van der Waals surface area contributed by atoms with E-state index in [1.165, 1.54) is 24.4 Å². The van der Waals surface area contributed by atoms with Crippen molar-refractivity contribution in [1.82, 2.24) is 4.98 Å². The largest absolute Gasteiger partial charge is 0.438 e. The third kappa shape index (κ3) is 2.88. The Bertz CT molecular complexity index is 677. The van der Waals surface area contributed by atoms with Crippen molar-refractivity contribution < 1.29 is 14.3 Å². The maximum atomic E-state index is 13.2. The molecule has 0 amide bonds. The molecule has 7 heteroatoms. The van der Waals surface area contributed by atoms with Crippen molar-refractivity contribution >= 4 is 21.8 Å². The molecule has 0 saturated heterocycles. The third-order valence-corrected chi connectivity index (χ3v) is 3.20. The Labute approximate surface area is 123 Å². The van der Waals surface area contributed by atoms with Gasteiger partial charge in [-0.05, 0) is 52.7 Å². The van der Waals surface area contributed by atoms with E-state index < -0.39 is 5.82 Å². The number of nitrogens with two attached hydrogens (primary N) is 1. The van der Waals surface area contributed by atoms with Crippen molar-refractivity contribution in [3.8, 4) is 11.6 Å². The second-order valence-electron chi connectivity index (χ2n) is 3.97. The molecular weight excluding hydrogens is 329 g/mol. The first kappa shape index (κ1) is 14.3. The van der Waals surface area contributed by atoms with Gasteiger partial charge in [-0.3, -0.25) is 0 Å². The van der Waals surface area contributed by atoms with E-state index in [9.17, 15) is 4.39 Å². The van der Waals surface area contributed by atoms with Crippen LogP contribution in [-0.2, 0) is 0 Å². The van der Waals surface area contributed by atoms with Crippen LogP contribution in [0.15, 0.2) is 40.1 Å². The molecule has 0 saturated carbocycles. The van der Waals surface area contributed by atoms with Gasteiger partial charge in [0.15, 0.2) is 5.84 Å². The minimum absolute atomic E-state index is 0.105. The van der Waals surface area contributed by atoms with Gasteiger partial charge in [-0.25, -0.2) is 9.37 Å². The molecule has 2 rings (SSSR count). The number of aryl methyl sites for hydroxylation is 1. The van der Waals surface area contributed by atoms with Gasteiger partial charge < -0.3 is 15.7 Å². The third-order valence-electron chi connectivity index (χ3n) is 2.59. The molecule has 104 valence electrons. The summed E-state index contributed by atoms with van der Waals surface area (Å²) in [5, 5.41) is 11.8. The Balaban J connectivity index is 2.43. The molecule has 2 aromatic rings. The molecule has 1 aromatic carbocycles. The van der Waals surface area contributed by atoms with Gasteiger partial charge in [0.2, 0.25) is 5.88 Å². The molecule has 0 aliphatic heterocycles. The molecule has 20 heavy (non-hydrogen) atoms. The molecule has 1 heterocycles. The van der Waals surface area contributed by atoms with Crippen LogP contribution in [0, 0.1) is 12.7 Å². The number of hydrogen-bond acceptors (Lipinski definition) is 4. The predicted octanol–water partition coefficient (Wildman–Crippen LogP) is 3.18. The zero-order chi connectivity index (χ0) is 14.7. The lowest BCUT2D eigenvalue weighted by molar-refractivity contribution is 0.318. The van der Waals surface area contributed by atoms with Crippen LogP contribution in [0.4, 0.5) is 4.39 Å². The summed E-state index contributed by atoms with van der Waals surface area (Å²) < 4.78 is 19.0. The van der Waals surface area contributed by atoms with Crippen LogP contribution in [0.2, 0.25) is 0 Å². The maximum Gasteiger partial charge on any atom is 0.230 e. The van der Waals surface area contributed by atoms with Gasteiger partial charge >= 0.3 is 0 Å². The van der Waals surface area contributed by atoms with Gasteiger partial charge in [0.25, 0.3) is 0 Å². The van der Waals surface area contributed by atoms with Crippen LogP contribution < -0.4 is 10.5 Å². The fourth-order valence-corrected chi connectivity index (χ4v) is 1.98. The number of amidine groups is 1. The lowest BCUT2D eigenvalue weighted by Crippen LogP contribution is -2.16. The molecular formula is C13H11BrFN3O2. The van der Waals surface area contributed by atoms with Gasteiger partial charge in [-0.1, -0.05) is 5.16 Å². The quantitative estimate of drug-likeness (QED) is 0.389. The van der Waals surface area contributed by atoms with Gasteiger partial charge in [0.1, 0.15) is 11.6 Å². The first-order valence-corrected chi connectivity index (χ1v) is 6.38. The second kappa shape index (κ2) is 5.87. The normalized spacial score (nSPS) is 11.4. The SMILES string of the molecule is Cc1ccnc(Oc2ccc(F)c(Br)c2)c1/C(N)=N/O. The molecule has 0 bridgehead atoms. The number of halogens is 2. The molecule has 0 spiro atoms. The number of pyridine rings is 1. The Morgan fingerprint density at radius 3 is 2.85 bits per heavy atom. The smallest absolute Gasteiger partial charge is 0.230 e. The summed E-state index contributed by atoms with van der Waals surface area (Å²) in [6.07, 6.45) is 1.54. The van der Waals surface area contributed by atoms with Crippen molar-refractivity contribution in [3.63, 3.8) is 0 Å². The summed E-state index contributed by atoms with van der Waals surface area (Å²) in [5.74, 6) is 0.0557. The first-order chi connectivity index (χ1) is 9.52. The van der Waals surface area contributed by atoms with E-state index >= 15 is 0 Å². The van der Waals surface area contributed by atoms with Crippen LogP contribution in [0.5, 0.6) is 11.6 Å². The molecule has 0 aliphatic rings. The van der Waals surface area contributed by atoms with Crippen molar-refractivity contribution in [3.05, 3.63) is 51.9 Å². The van der Waals surface area contributed by atoms with Gasteiger partial charge in [-0.15, -0.1) is 0 Å². The summed E-state index contributed by atoms with van der Waals surface area (Å²) >= 11 is 3.07. The highest BCUT2D eigenvalue weighted by molar-refractivity contribution is 9.10. The monoisotopic (exact) mass is 339 g/mol. The zero-order valence-electron chi connectivity index (χ0n) is 10.5. The standard InChI is InChI=1S/C13H11BrFN3O2/c1-7-4-5-17-13(11(7)12(16)18-19)20-8-2-3-10(15)9(14)6-8/h2-6,19H,1H3,(H2,16,18). The van der Waals surface area contributed by atoms with E-state index in [-0.39, 0.29) is 16.2 Å². The summed E-state index contributed by atoms with van der Waals surface area (Å²) in [6, 6.07) is 5.90. The van der Waals surface area contributed by atoms with Crippen molar-refractivity contribution in [1.29, 1.82) is 0 Å². The average Bonchev–Trinajstić information content (AvgIpc) is 2.42. The lowest BCUT2D eigenvalue weighted by Gasteiger charge is -2.11. The number of aromatic nitrogens is 1. The van der Waals surface area contributed by atoms with Crippen LogP contribution in [0.1, 0.15) is 11.1 Å². The van der Waals surface area contributed by atoms with E-state index in [1.54, 1.807) is 13.0 Å². The Morgan fingerprint density at radius 2 is 2.20 bits per heavy atom. The molecule has 0 unspecified atom stereocenters. The molecule has 0 radical (unpaired) electrons. The fourth-order valence-electron chi connectivity index (χ4n) is 1.62. The molecule has 0 aliphatic carbocycles. The van der Waals surface area contributed by atoms with E-state index in [0.717, 1.165) is 5.56 Å². The first-order valence-electron chi connectivity index (χ1n) is 5.59. The second-order valence-corrected chi connectivity index (χ2v) is 4.83. The summed E-state index contributed by atoms with van der Waals surface area (Å²) in [7, 11) is 0. The molecule has 5 nitrogen and oxygen atoms in total. The summed E-state index contributed by atoms with van der Waals surface area (Å²) in [4.78, 5) is 4.05. The van der Waals surface area contributed by atoms with E-state index in [4.69, 9.17) is 15.7 Å². The van der Waals surface area contributed by atoms with Crippen molar-refractivity contribution in [2.75, 3.05) is 0 Å². The van der Waals surface area contributed by atoms with Crippen molar-refractivity contribution in [2.24, 2.45) is 10.9 Å². The molecule has 1 aromatic heterocycles. The number of rotatable bonds is 3.